The molecule has 0 aliphatic rings. The summed E-state index contributed by atoms with van der Waals surface area (Å²) in [7, 11) is 0. The molecule has 2 aromatic carbocycles. The molecular formula is C19H17ClN2O3. The van der Waals surface area contributed by atoms with E-state index in [4.69, 9.17) is 21.1 Å². The molecule has 0 aliphatic carbocycles. The average Bonchev–Trinajstić information content (AvgIpc) is 3.10. The molecule has 0 aliphatic heterocycles. The molecule has 0 saturated carbocycles. The van der Waals surface area contributed by atoms with Crippen molar-refractivity contribution in [2.75, 3.05) is 13.2 Å². The summed E-state index contributed by atoms with van der Waals surface area (Å²) >= 11 is 6.18. The van der Waals surface area contributed by atoms with E-state index in [0.29, 0.717) is 10.8 Å². The van der Waals surface area contributed by atoms with E-state index in [0.717, 1.165) is 16.9 Å². The lowest BCUT2D eigenvalue weighted by Gasteiger charge is -2.14. The van der Waals surface area contributed by atoms with Gasteiger partial charge in [0.15, 0.2) is 0 Å². The molecule has 128 valence electrons. The van der Waals surface area contributed by atoms with Gasteiger partial charge < -0.3 is 9.47 Å². The average molecular weight is 357 g/mol. The number of ether oxygens (including phenoxy) is 2. The van der Waals surface area contributed by atoms with Crippen molar-refractivity contribution in [2.45, 2.75) is 6.92 Å². The first-order chi connectivity index (χ1) is 12.1. The van der Waals surface area contributed by atoms with Gasteiger partial charge in [-0.15, -0.1) is 0 Å². The van der Waals surface area contributed by atoms with Gasteiger partial charge in [-0.2, -0.15) is 5.10 Å². The molecule has 0 spiro atoms. The fourth-order valence-electron chi connectivity index (χ4n) is 2.45. The predicted molar refractivity (Wildman–Crippen MR) is 96.1 cm³/mol. The van der Waals surface area contributed by atoms with Gasteiger partial charge in [-0.3, -0.25) is 4.79 Å². The van der Waals surface area contributed by atoms with Crippen molar-refractivity contribution in [2.24, 2.45) is 0 Å². The predicted octanol–water partition coefficient (Wildman–Crippen LogP) is 4.13. The Morgan fingerprint density at radius 1 is 1.12 bits per heavy atom. The number of carbonyl (C=O) groups excluding carboxylic acids is 1. The zero-order valence-corrected chi connectivity index (χ0v) is 14.4. The molecule has 3 aromatic rings. The molecule has 0 radical (unpaired) electrons. The molecule has 25 heavy (non-hydrogen) atoms. The summed E-state index contributed by atoms with van der Waals surface area (Å²) in [5.74, 6) is 0.316. The second-order valence-corrected chi connectivity index (χ2v) is 5.73. The zero-order chi connectivity index (χ0) is 17.6. The van der Waals surface area contributed by atoms with Crippen LogP contribution in [-0.2, 0) is 9.53 Å². The maximum atomic E-state index is 10.8. The number of nitrogens with zero attached hydrogens (tertiary/aromatic N) is 2. The summed E-state index contributed by atoms with van der Waals surface area (Å²) < 4.78 is 12.5. The van der Waals surface area contributed by atoms with E-state index >= 15 is 0 Å². The fraction of sp³-hybridized carbons (Fsp3) is 0.158. The zero-order valence-electron chi connectivity index (χ0n) is 13.7. The maximum absolute atomic E-state index is 10.8. The van der Waals surface area contributed by atoms with Gasteiger partial charge in [0, 0.05) is 17.5 Å². The molecule has 0 unspecified atom stereocenters. The van der Waals surface area contributed by atoms with Crippen LogP contribution in [0.5, 0.6) is 5.75 Å². The monoisotopic (exact) mass is 356 g/mol. The normalized spacial score (nSPS) is 10.5. The van der Waals surface area contributed by atoms with E-state index in [-0.39, 0.29) is 19.2 Å². The molecule has 0 atom stereocenters. The van der Waals surface area contributed by atoms with Crippen molar-refractivity contribution in [1.82, 2.24) is 9.78 Å². The highest BCUT2D eigenvalue weighted by molar-refractivity contribution is 6.31. The van der Waals surface area contributed by atoms with Crippen LogP contribution >= 0.6 is 11.6 Å². The number of rotatable bonds is 6. The van der Waals surface area contributed by atoms with Gasteiger partial charge in [-0.05, 0) is 36.4 Å². The Bertz CT molecular complexity index is 862. The Labute approximate surface area is 150 Å². The molecule has 3 rings (SSSR count). The molecule has 1 heterocycles. The second-order valence-electron chi connectivity index (χ2n) is 5.29. The SMILES string of the molecule is CC(=O)OCCOc1ccc(Cl)cc1-c1ccnn1-c1ccccc1. The third-order valence-electron chi connectivity index (χ3n) is 3.51. The van der Waals surface area contributed by atoms with Gasteiger partial charge in [-0.1, -0.05) is 29.8 Å². The number of halogens is 1. The highest BCUT2D eigenvalue weighted by Gasteiger charge is 2.13. The van der Waals surface area contributed by atoms with Crippen molar-refractivity contribution >= 4 is 17.6 Å². The lowest BCUT2D eigenvalue weighted by Crippen LogP contribution is -2.10. The van der Waals surface area contributed by atoms with E-state index in [1.54, 1.807) is 18.3 Å². The number of esters is 1. The summed E-state index contributed by atoms with van der Waals surface area (Å²) in [5.41, 5.74) is 2.61. The number of aromatic nitrogens is 2. The Balaban J connectivity index is 1.91. The number of benzene rings is 2. The first-order valence-corrected chi connectivity index (χ1v) is 8.18. The summed E-state index contributed by atoms with van der Waals surface area (Å²) in [6, 6.07) is 17.1. The molecule has 6 heteroatoms. The van der Waals surface area contributed by atoms with Gasteiger partial charge in [0.2, 0.25) is 0 Å². The summed E-state index contributed by atoms with van der Waals surface area (Å²) in [5, 5.41) is 5.00. The Morgan fingerprint density at radius 2 is 1.92 bits per heavy atom. The molecule has 5 nitrogen and oxygen atoms in total. The highest BCUT2D eigenvalue weighted by Crippen LogP contribution is 2.33. The van der Waals surface area contributed by atoms with E-state index in [1.165, 1.54) is 6.92 Å². The quantitative estimate of drug-likeness (QED) is 0.492. The van der Waals surface area contributed by atoms with Crippen LogP contribution in [0.4, 0.5) is 0 Å². The van der Waals surface area contributed by atoms with Crippen molar-refractivity contribution in [3.63, 3.8) is 0 Å². The molecule has 0 N–H and O–H groups in total. The van der Waals surface area contributed by atoms with Crippen LogP contribution in [0.3, 0.4) is 0 Å². The Morgan fingerprint density at radius 3 is 2.68 bits per heavy atom. The summed E-state index contributed by atoms with van der Waals surface area (Å²) in [6.07, 6.45) is 1.73. The van der Waals surface area contributed by atoms with Crippen LogP contribution in [-0.4, -0.2) is 29.0 Å². The van der Waals surface area contributed by atoms with Crippen molar-refractivity contribution in [3.05, 3.63) is 65.8 Å². The first-order valence-electron chi connectivity index (χ1n) is 7.80. The van der Waals surface area contributed by atoms with E-state index < -0.39 is 0 Å². The van der Waals surface area contributed by atoms with Crippen LogP contribution < -0.4 is 4.74 Å². The minimum absolute atomic E-state index is 0.190. The standard InChI is InChI=1S/C19H17ClN2O3/c1-14(23)24-11-12-25-19-8-7-15(20)13-17(19)18-9-10-21-22(18)16-5-3-2-4-6-16/h2-10,13H,11-12H2,1H3. The summed E-state index contributed by atoms with van der Waals surface area (Å²) in [6.45, 7) is 1.81. The fourth-order valence-corrected chi connectivity index (χ4v) is 2.62. The van der Waals surface area contributed by atoms with E-state index in [9.17, 15) is 4.79 Å². The third-order valence-corrected chi connectivity index (χ3v) is 3.74. The van der Waals surface area contributed by atoms with Crippen LogP contribution in [0, 0.1) is 0 Å². The van der Waals surface area contributed by atoms with Crippen molar-refractivity contribution in [3.8, 4) is 22.7 Å². The van der Waals surface area contributed by atoms with Crippen LogP contribution in [0.2, 0.25) is 5.02 Å². The van der Waals surface area contributed by atoms with E-state index in [2.05, 4.69) is 5.10 Å². The minimum atomic E-state index is -0.331. The summed E-state index contributed by atoms with van der Waals surface area (Å²) in [4.78, 5) is 10.8. The second kappa shape index (κ2) is 7.85. The topological polar surface area (TPSA) is 53.4 Å². The number of hydrogen-bond acceptors (Lipinski definition) is 4. The largest absolute Gasteiger partial charge is 0.489 e. The van der Waals surface area contributed by atoms with Crippen molar-refractivity contribution < 1.29 is 14.3 Å². The van der Waals surface area contributed by atoms with Crippen LogP contribution in [0.15, 0.2) is 60.8 Å². The first kappa shape index (κ1) is 17.0. The van der Waals surface area contributed by atoms with E-state index in [1.807, 2.05) is 47.1 Å². The number of para-hydroxylation sites is 1. The van der Waals surface area contributed by atoms with Crippen molar-refractivity contribution in [1.29, 1.82) is 0 Å². The van der Waals surface area contributed by atoms with Gasteiger partial charge in [-0.25, -0.2) is 4.68 Å². The lowest BCUT2D eigenvalue weighted by atomic mass is 10.1. The Kier molecular flexibility index (Phi) is 5.36. The molecule has 1 aromatic heterocycles. The van der Waals surface area contributed by atoms with Gasteiger partial charge in [0.05, 0.1) is 17.6 Å². The molecule has 0 fully saturated rings. The number of hydrogen-bond donors (Lipinski definition) is 0. The highest BCUT2D eigenvalue weighted by atomic mass is 35.5. The van der Waals surface area contributed by atoms with Gasteiger partial charge in [0.25, 0.3) is 0 Å². The Hall–Kier alpha value is -2.79. The minimum Gasteiger partial charge on any atom is -0.489 e. The van der Waals surface area contributed by atoms with Crippen LogP contribution in [0.1, 0.15) is 6.92 Å². The smallest absolute Gasteiger partial charge is 0.302 e. The molecule has 0 amide bonds. The lowest BCUT2D eigenvalue weighted by molar-refractivity contribution is -0.141. The van der Waals surface area contributed by atoms with Crippen LogP contribution in [0.25, 0.3) is 16.9 Å². The number of carbonyl (C=O) groups is 1. The molecule has 0 saturated heterocycles. The van der Waals surface area contributed by atoms with Gasteiger partial charge in [0.1, 0.15) is 19.0 Å². The molecule has 0 bridgehead atoms. The maximum Gasteiger partial charge on any atom is 0.302 e. The molecular weight excluding hydrogens is 340 g/mol. The van der Waals surface area contributed by atoms with Gasteiger partial charge >= 0.3 is 5.97 Å². The third kappa shape index (κ3) is 4.19.